The fourth-order valence-electron chi connectivity index (χ4n) is 3.23. The third-order valence-electron chi connectivity index (χ3n) is 4.50. The molecular weight excluding hydrogens is 358 g/mol. The van der Waals surface area contributed by atoms with Gasteiger partial charge in [-0.2, -0.15) is 0 Å². The molecule has 2 atom stereocenters. The zero-order valence-corrected chi connectivity index (χ0v) is 17.1. The number of anilines is 1. The van der Waals surface area contributed by atoms with Gasteiger partial charge in [0.2, 0.25) is 11.8 Å². The number of hydrogen-bond donors (Lipinski definition) is 3. The molecule has 7 heteroatoms. The molecule has 1 fully saturated rings. The van der Waals surface area contributed by atoms with Gasteiger partial charge in [0.25, 0.3) is 0 Å². The highest BCUT2D eigenvalue weighted by Gasteiger charge is 2.40. The lowest BCUT2D eigenvalue weighted by molar-refractivity contribution is -0.131. The van der Waals surface area contributed by atoms with E-state index in [9.17, 15) is 14.4 Å². The zero-order valence-electron chi connectivity index (χ0n) is 17.1. The van der Waals surface area contributed by atoms with Gasteiger partial charge in [-0.1, -0.05) is 29.8 Å². The van der Waals surface area contributed by atoms with E-state index in [1.54, 1.807) is 20.8 Å². The first-order valence-electron chi connectivity index (χ1n) is 9.30. The first-order chi connectivity index (χ1) is 13.0. The number of amides is 3. The maximum atomic E-state index is 12.8. The van der Waals surface area contributed by atoms with Crippen LogP contribution in [-0.2, 0) is 14.3 Å². The van der Waals surface area contributed by atoms with Crippen LogP contribution in [0.5, 0.6) is 0 Å². The van der Waals surface area contributed by atoms with Crippen LogP contribution in [0.4, 0.5) is 10.5 Å². The summed E-state index contributed by atoms with van der Waals surface area (Å²) in [5.41, 5.74) is 7.52. The number of carbonyl (C=O) groups excluding carboxylic acids is 3. The van der Waals surface area contributed by atoms with Crippen LogP contribution >= 0.6 is 0 Å². The average molecular weight is 387 g/mol. The number of aryl methyl sites for hydroxylation is 2. The van der Waals surface area contributed by atoms with Crippen molar-refractivity contribution in [2.24, 2.45) is 11.8 Å². The van der Waals surface area contributed by atoms with E-state index in [2.05, 4.69) is 22.7 Å². The number of carbonyl (C=O) groups is 3. The van der Waals surface area contributed by atoms with E-state index >= 15 is 0 Å². The van der Waals surface area contributed by atoms with Crippen molar-refractivity contribution in [1.29, 1.82) is 0 Å². The summed E-state index contributed by atoms with van der Waals surface area (Å²) >= 11 is 0. The summed E-state index contributed by atoms with van der Waals surface area (Å²) in [5, 5.41) is 2.91. The van der Waals surface area contributed by atoms with Crippen molar-refractivity contribution in [2.45, 2.75) is 53.1 Å². The van der Waals surface area contributed by atoms with E-state index in [1.807, 2.05) is 32.0 Å². The molecule has 1 aliphatic rings. The molecule has 0 bridgehead atoms. The number of hydrazine groups is 1. The molecule has 0 heterocycles. The predicted octanol–water partition coefficient (Wildman–Crippen LogP) is 3.38. The second-order valence-corrected chi connectivity index (χ2v) is 8.30. The molecule has 0 unspecified atom stereocenters. The maximum Gasteiger partial charge on any atom is 0.426 e. The van der Waals surface area contributed by atoms with Crippen molar-refractivity contribution in [2.75, 3.05) is 5.32 Å². The highest BCUT2D eigenvalue weighted by atomic mass is 16.6. The topological polar surface area (TPSA) is 96.5 Å². The minimum absolute atomic E-state index is 0.233. The van der Waals surface area contributed by atoms with E-state index in [0.29, 0.717) is 12.8 Å². The van der Waals surface area contributed by atoms with Crippen LogP contribution in [-0.4, -0.2) is 23.5 Å². The quantitative estimate of drug-likeness (QED) is 0.547. The standard InChI is InChI=1S/C21H29N3O4/c1-12-7-8-17(14(3)9-12)22-18(25)15-10-13(2)11-16(15)19(26)23-24-20(27)28-21(4,5)6/h7-9,15-16H,2,10-11H2,1,3-6H3,(H,22,25)(H,23,26)(H,24,27)/t15-,16-/m0/s1. The summed E-state index contributed by atoms with van der Waals surface area (Å²) in [7, 11) is 0. The van der Waals surface area contributed by atoms with Crippen LogP contribution < -0.4 is 16.2 Å². The Labute approximate surface area is 165 Å². The summed E-state index contributed by atoms with van der Waals surface area (Å²) in [4.78, 5) is 37.1. The van der Waals surface area contributed by atoms with Crippen molar-refractivity contribution < 1.29 is 19.1 Å². The number of hydrogen-bond acceptors (Lipinski definition) is 4. The third-order valence-corrected chi connectivity index (χ3v) is 4.50. The molecule has 0 spiro atoms. The Kier molecular flexibility index (Phi) is 6.48. The molecule has 3 N–H and O–H groups in total. The van der Waals surface area contributed by atoms with E-state index < -0.39 is 29.4 Å². The molecule has 1 aliphatic carbocycles. The average Bonchev–Trinajstić information content (AvgIpc) is 2.95. The van der Waals surface area contributed by atoms with Gasteiger partial charge in [-0.05, 0) is 59.1 Å². The van der Waals surface area contributed by atoms with E-state index in [4.69, 9.17) is 4.74 Å². The van der Waals surface area contributed by atoms with E-state index in [-0.39, 0.29) is 5.91 Å². The van der Waals surface area contributed by atoms with Crippen molar-refractivity contribution in [3.63, 3.8) is 0 Å². The monoisotopic (exact) mass is 387 g/mol. The van der Waals surface area contributed by atoms with Crippen molar-refractivity contribution in [1.82, 2.24) is 10.9 Å². The smallest absolute Gasteiger partial charge is 0.426 e. The molecule has 1 saturated carbocycles. The van der Waals surface area contributed by atoms with Crippen molar-refractivity contribution >= 4 is 23.6 Å². The highest BCUT2D eigenvalue weighted by Crippen LogP contribution is 2.36. The zero-order chi connectivity index (χ0) is 21.1. The molecular formula is C21H29N3O4. The van der Waals surface area contributed by atoms with Gasteiger partial charge in [0, 0.05) is 5.69 Å². The first kappa shape index (κ1) is 21.5. The lowest BCUT2D eigenvalue weighted by Gasteiger charge is -2.22. The largest absolute Gasteiger partial charge is 0.443 e. The van der Waals surface area contributed by atoms with Crippen LogP contribution in [0.3, 0.4) is 0 Å². The second-order valence-electron chi connectivity index (χ2n) is 8.30. The minimum Gasteiger partial charge on any atom is -0.443 e. The maximum absolute atomic E-state index is 12.8. The molecule has 0 saturated heterocycles. The number of allylic oxidation sites excluding steroid dienone is 1. The number of rotatable bonds is 3. The summed E-state index contributed by atoms with van der Waals surface area (Å²) in [6, 6.07) is 5.76. The lowest BCUT2D eigenvalue weighted by Crippen LogP contribution is -2.48. The Hall–Kier alpha value is -2.83. The molecule has 7 nitrogen and oxygen atoms in total. The summed E-state index contributed by atoms with van der Waals surface area (Å²) < 4.78 is 5.09. The van der Waals surface area contributed by atoms with Crippen LogP contribution in [0.15, 0.2) is 30.4 Å². The molecule has 0 aromatic heterocycles. The molecule has 1 aromatic carbocycles. The van der Waals surface area contributed by atoms with Gasteiger partial charge in [-0.3, -0.25) is 15.0 Å². The summed E-state index contributed by atoms with van der Waals surface area (Å²) in [5.74, 6) is -1.82. The van der Waals surface area contributed by atoms with Crippen molar-refractivity contribution in [3.05, 3.63) is 41.5 Å². The third kappa shape index (κ3) is 5.84. The Morgan fingerprint density at radius 2 is 1.64 bits per heavy atom. The fraction of sp³-hybridized carbons (Fsp3) is 0.476. The molecule has 2 rings (SSSR count). The molecule has 152 valence electrons. The predicted molar refractivity (Wildman–Crippen MR) is 107 cm³/mol. The van der Waals surface area contributed by atoms with E-state index in [1.165, 1.54) is 0 Å². The molecule has 28 heavy (non-hydrogen) atoms. The van der Waals surface area contributed by atoms with Gasteiger partial charge in [0.05, 0.1) is 11.8 Å². The van der Waals surface area contributed by atoms with Gasteiger partial charge >= 0.3 is 6.09 Å². The summed E-state index contributed by atoms with van der Waals surface area (Å²) in [6.45, 7) is 13.0. The number of benzene rings is 1. The van der Waals surface area contributed by atoms with Gasteiger partial charge < -0.3 is 10.1 Å². The molecule has 3 amide bonds. The Morgan fingerprint density at radius 1 is 1.04 bits per heavy atom. The lowest BCUT2D eigenvalue weighted by atomic mass is 9.94. The molecule has 0 radical (unpaired) electrons. The van der Waals surface area contributed by atoms with Crippen LogP contribution in [0, 0.1) is 25.7 Å². The SMILES string of the molecule is C=C1C[C@H](C(=O)NNC(=O)OC(C)(C)C)[C@@H](C(=O)Nc2ccc(C)cc2C)C1. The first-order valence-corrected chi connectivity index (χ1v) is 9.30. The van der Waals surface area contributed by atoms with Crippen molar-refractivity contribution in [3.8, 4) is 0 Å². The molecule has 0 aliphatic heterocycles. The van der Waals surface area contributed by atoms with Crippen LogP contribution in [0.1, 0.15) is 44.7 Å². The van der Waals surface area contributed by atoms with Gasteiger partial charge in [-0.15, -0.1) is 0 Å². The van der Waals surface area contributed by atoms with E-state index in [0.717, 1.165) is 22.4 Å². The van der Waals surface area contributed by atoms with Crippen LogP contribution in [0.2, 0.25) is 0 Å². The second kappa shape index (κ2) is 8.46. The number of nitrogens with one attached hydrogen (secondary N) is 3. The highest BCUT2D eigenvalue weighted by molar-refractivity contribution is 5.97. The minimum atomic E-state index is -0.756. The van der Waals surface area contributed by atoms with Crippen LogP contribution in [0.25, 0.3) is 0 Å². The Morgan fingerprint density at radius 3 is 2.21 bits per heavy atom. The summed E-state index contributed by atoms with van der Waals surface area (Å²) in [6.07, 6.45) is 0.0718. The number of ether oxygens (including phenoxy) is 1. The Balaban J connectivity index is 2.01. The normalized spacial score (nSPS) is 19.1. The molecule has 1 aromatic rings. The van der Waals surface area contributed by atoms with Gasteiger partial charge in [0.15, 0.2) is 0 Å². The fourth-order valence-corrected chi connectivity index (χ4v) is 3.23. The van der Waals surface area contributed by atoms with Gasteiger partial charge in [-0.25, -0.2) is 10.2 Å². The Bertz CT molecular complexity index is 795. The van der Waals surface area contributed by atoms with Gasteiger partial charge in [0.1, 0.15) is 5.60 Å².